The van der Waals surface area contributed by atoms with Crippen LogP contribution in [0.5, 0.6) is 0 Å². The van der Waals surface area contributed by atoms with Gasteiger partial charge in [-0.1, -0.05) is 17.2 Å². The predicted octanol–water partition coefficient (Wildman–Crippen LogP) is 4.44. The van der Waals surface area contributed by atoms with Crippen LogP contribution < -0.4 is 0 Å². The van der Waals surface area contributed by atoms with Gasteiger partial charge in [0.1, 0.15) is 5.76 Å². The summed E-state index contributed by atoms with van der Waals surface area (Å²) in [6.07, 6.45) is 6.04. The first-order valence-electron chi connectivity index (χ1n) is 6.04. The molecule has 1 aromatic rings. The summed E-state index contributed by atoms with van der Waals surface area (Å²) < 4.78 is 5.28. The third kappa shape index (κ3) is 4.24. The number of carboxylic acid groups (broad SMARTS) is 1. The molecule has 0 aliphatic rings. The summed E-state index contributed by atoms with van der Waals surface area (Å²) in [5.41, 5.74) is 3.15. The zero-order chi connectivity index (χ0) is 13.7. The van der Waals surface area contributed by atoms with E-state index in [1.165, 1.54) is 11.1 Å². The summed E-state index contributed by atoms with van der Waals surface area (Å²) in [5.74, 6) is -0.382. The molecule has 0 saturated heterocycles. The van der Waals surface area contributed by atoms with Crippen LogP contribution in [-0.4, -0.2) is 11.1 Å². The molecule has 0 atom stereocenters. The van der Waals surface area contributed by atoms with Crippen molar-refractivity contribution in [2.75, 3.05) is 0 Å². The van der Waals surface area contributed by atoms with Crippen molar-refractivity contribution in [1.82, 2.24) is 0 Å². The number of aryl methyl sites for hydroxylation is 1. The third-order valence-corrected chi connectivity index (χ3v) is 2.61. The van der Waals surface area contributed by atoms with Gasteiger partial charge in [0.2, 0.25) is 5.76 Å². The molecule has 0 aromatic carbocycles. The maximum absolute atomic E-state index is 10.8. The molecule has 3 heteroatoms. The fourth-order valence-electron chi connectivity index (χ4n) is 1.69. The minimum atomic E-state index is -1.02. The molecule has 1 N–H and O–H groups in total. The van der Waals surface area contributed by atoms with Gasteiger partial charge in [0.25, 0.3) is 0 Å². The van der Waals surface area contributed by atoms with Gasteiger partial charge in [0.05, 0.1) is 0 Å². The highest BCUT2D eigenvalue weighted by atomic mass is 16.4. The average Bonchev–Trinajstić information content (AvgIpc) is 2.58. The van der Waals surface area contributed by atoms with Crippen molar-refractivity contribution in [3.05, 3.63) is 40.4 Å². The molecule has 18 heavy (non-hydrogen) atoms. The van der Waals surface area contributed by atoms with Crippen molar-refractivity contribution in [3.63, 3.8) is 0 Å². The second-order valence-electron chi connectivity index (χ2n) is 4.78. The van der Waals surface area contributed by atoms with Crippen molar-refractivity contribution in [2.24, 2.45) is 0 Å². The topological polar surface area (TPSA) is 50.4 Å². The normalized spacial score (nSPS) is 11.4. The lowest BCUT2D eigenvalue weighted by molar-refractivity contribution is 0.0661. The molecule has 1 aromatic heterocycles. The van der Waals surface area contributed by atoms with E-state index >= 15 is 0 Å². The predicted molar refractivity (Wildman–Crippen MR) is 72.7 cm³/mol. The van der Waals surface area contributed by atoms with E-state index in [1.54, 1.807) is 13.0 Å². The van der Waals surface area contributed by atoms with Crippen molar-refractivity contribution >= 4 is 12.0 Å². The zero-order valence-corrected chi connectivity index (χ0v) is 11.4. The summed E-state index contributed by atoms with van der Waals surface area (Å²) >= 11 is 0. The van der Waals surface area contributed by atoms with E-state index in [0.717, 1.165) is 12.8 Å². The lowest BCUT2D eigenvalue weighted by atomic mass is 10.1. The first kappa shape index (κ1) is 14.3. The minimum Gasteiger partial charge on any atom is -0.475 e. The van der Waals surface area contributed by atoms with Crippen LogP contribution in [0.1, 0.15) is 55.5 Å². The van der Waals surface area contributed by atoms with Gasteiger partial charge in [-0.25, -0.2) is 4.79 Å². The number of hydrogen-bond donors (Lipinski definition) is 1. The maximum atomic E-state index is 10.8. The Balaban J connectivity index is 2.73. The van der Waals surface area contributed by atoms with Crippen LogP contribution in [-0.2, 0) is 0 Å². The molecule has 0 fully saturated rings. The van der Waals surface area contributed by atoms with E-state index in [-0.39, 0.29) is 5.76 Å². The number of carbonyl (C=O) groups is 1. The van der Waals surface area contributed by atoms with Crippen LogP contribution in [0, 0.1) is 6.92 Å². The van der Waals surface area contributed by atoms with Gasteiger partial charge in [-0.05, 0) is 52.7 Å². The maximum Gasteiger partial charge on any atom is 0.372 e. The SMILES string of the molecule is CC(C)=CCC/C(C)=C/c1cc(C)c(C(=O)O)o1. The standard InChI is InChI=1S/C15H20O3/c1-10(2)6-5-7-11(3)8-13-9-12(4)14(18-13)15(16)17/h6,8-9H,5,7H2,1-4H3,(H,16,17)/b11-8+. The monoisotopic (exact) mass is 248 g/mol. The van der Waals surface area contributed by atoms with Crippen LogP contribution >= 0.6 is 0 Å². The fourth-order valence-corrected chi connectivity index (χ4v) is 1.69. The van der Waals surface area contributed by atoms with Gasteiger partial charge in [0, 0.05) is 5.56 Å². The Morgan fingerprint density at radius 3 is 2.56 bits per heavy atom. The minimum absolute atomic E-state index is 0.0262. The quantitative estimate of drug-likeness (QED) is 0.784. The zero-order valence-electron chi connectivity index (χ0n) is 11.4. The van der Waals surface area contributed by atoms with Crippen LogP contribution in [0.25, 0.3) is 6.08 Å². The number of furan rings is 1. The molecule has 3 nitrogen and oxygen atoms in total. The van der Waals surface area contributed by atoms with E-state index in [1.807, 2.05) is 13.0 Å². The first-order valence-corrected chi connectivity index (χ1v) is 6.04. The van der Waals surface area contributed by atoms with Gasteiger partial charge in [0.15, 0.2) is 0 Å². The van der Waals surface area contributed by atoms with Crippen molar-refractivity contribution in [2.45, 2.75) is 40.5 Å². The van der Waals surface area contributed by atoms with Gasteiger partial charge in [-0.2, -0.15) is 0 Å². The van der Waals surface area contributed by atoms with E-state index in [9.17, 15) is 4.79 Å². The molecular weight excluding hydrogens is 228 g/mol. The highest BCUT2D eigenvalue weighted by Crippen LogP contribution is 2.19. The summed E-state index contributed by atoms with van der Waals surface area (Å²) in [6.45, 7) is 7.92. The second-order valence-corrected chi connectivity index (χ2v) is 4.78. The molecule has 1 rings (SSSR count). The molecule has 0 saturated carbocycles. The molecule has 0 aliphatic heterocycles. The van der Waals surface area contributed by atoms with Crippen LogP contribution in [0.3, 0.4) is 0 Å². The Morgan fingerprint density at radius 2 is 2.06 bits per heavy atom. The summed E-state index contributed by atoms with van der Waals surface area (Å²) in [5, 5.41) is 8.89. The van der Waals surface area contributed by atoms with E-state index in [2.05, 4.69) is 19.9 Å². The van der Waals surface area contributed by atoms with Crippen LogP contribution in [0.4, 0.5) is 0 Å². The van der Waals surface area contributed by atoms with Crippen LogP contribution in [0.15, 0.2) is 27.7 Å². The Labute approximate surface area is 108 Å². The summed E-state index contributed by atoms with van der Waals surface area (Å²) in [7, 11) is 0. The Kier molecular flexibility index (Phi) is 4.95. The number of rotatable bonds is 5. The van der Waals surface area contributed by atoms with E-state index in [0.29, 0.717) is 11.3 Å². The van der Waals surface area contributed by atoms with E-state index in [4.69, 9.17) is 9.52 Å². The fraction of sp³-hybridized carbons (Fsp3) is 0.400. The molecule has 0 aliphatic carbocycles. The average molecular weight is 248 g/mol. The van der Waals surface area contributed by atoms with Crippen LogP contribution in [0.2, 0.25) is 0 Å². The molecule has 0 radical (unpaired) electrons. The molecule has 0 unspecified atom stereocenters. The Bertz CT molecular complexity index is 486. The highest BCUT2D eigenvalue weighted by Gasteiger charge is 2.12. The van der Waals surface area contributed by atoms with Gasteiger partial charge in [-0.3, -0.25) is 0 Å². The third-order valence-electron chi connectivity index (χ3n) is 2.61. The lowest BCUT2D eigenvalue weighted by Crippen LogP contribution is -1.94. The largest absolute Gasteiger partial charge is 0.475 e. The van der Waals surface area contributed by atoms with Crippen molar-refractivity contribution in [1.29, 1.82) is 0 Å². The molecular formula is C15H20O3. The smallest absolute Gasteiger partial charge is 0.372 e. The molecule has 0 amide bonds. The molecule has 98 valence electrons. The van der Waals surface area contributed by atoms with Crippen molar-refractivity contribution < 1.29 is 14.3 Å². The number of hydrogen-bond acceptors (Lipinski definition) is 2. The van der Waals surface area contributed by atoms with Gasteiger partial charge >= 0.3 is 5.97 Å². The summed E-state index contributed by atoms with van der Waals surface area (Å²) in [6, 6.07) is 1.76. The van der Waals surface area contributed by atoms with Gasteiger partial charge < -0.3 is 9.52 Å². The van der Waals surface area contributed by atoms with E-state index < -0.39 is 5.97 Å². The molecule has 0 spiro atoms. The van der Waals surface area contributed by atoms with Crippen molar-refractivity contribution in [3.8, 4) is 0 Å². The second kappa shape index (κ2) is 6.24. The number of allylic oxidation sites excluding steroid dienone is 3. The molecule has 1 heterocycles. The van der Waals surface area contributed by atoms with Gasteiger partial charge in [-0.15, -0.1) is 0 Å². The summed E-state index contributed by atoms with van der Waals surface area (Å²) in [4.78, 5) is 10.8. The highest BCUT2D eigenvalue weighted by molar-refractivity contribution is 5.86. The molecule has 0 bridgehead atoms. The number of aromatic carboxylic acids is 1. The first-order chi connectivity index (χ1) is 8.40. The number of carboxylic acids is 1. The Morgan fingerprint density at radius 1 is 1.39 bits per heavy atom. The lowest BCUT2D eigenvalue weighted by Gasteiger charge is -1.97. The Hall–Kier alpha value is -1.77.